The Kier molecular flexibility index (Phi) is 4.99. The van der Waals surface area contributed by atoms with Gasteiger partial charge in [-0.15, -0.1) is 0 Å². The van der Waals surface area contributed by atoms with E-state index in [0.29, 0.717) is 0 Å². The minimum Gasteiger partial charge on any atom is -0.457 e. The zero-order valence-electron chi connectivity index (χ0n) is 11.9. The molecular formula is C17H14F2O3. The minimum atomic E-state index is -2.83. The molecular weight excluding hydrogens is 290 g/mol. The molecule has 0 aliphatic heterocycles. The van der Waals surface area contributed by atoms with Gasteiger partial charge in [0.25, 0.3) is 6.43 Å². The topological polar surface area (TPSA) is 43.4 Å². The van der Waals surface area contributed by atoms with Crippen LogP contribution in [0.1, 0.15) is 45.2 Å². The molecule has 0 radical (unpaired) electrons. The Hall–Kier alpha value is -2.56. The molecule has 0 unspecified atom stereocenters. The van der Waals surface area contributed by atoms with Crippen molar-refractivity contribution < 1.29 is 23.1 Å². The molecule has 2 rings (SSSR count). The highest BCUT2D eigenvalue weighted by Gasteiger charge is 2.19. The highest BCUT2D eigenvalue weighted by molar-refractivity contribution is 5.97. The highest BCUT2D eigenvalue weighted by Crippen LogP contribution is 2.25. The second-order valence-corrected chi connectivity index (χ2v) is 4.72. The molecule has 0 aromatic heterocycles. The fourth-order valence-electron chi connectivity index (χ4n) is 2.00. The fraction of sp³-hybridized carbons (Fsp3) is 0.176. The number of esters is 1. The van der Waals surface area contributed by atoms with Gasteiger partial charge in [0.2, 0.25) is 0 Å². The van der Waals surface area contributed by atoms with Crippen LogP contribution in [-0.4, -0.2) is 11.8 Å². The summed E-state index contributed by atoms with van der Waals surface area (Å²) in [7, 11) is 0. The zero-order chi connectivity index (χ0) is 16.1. The molecule has 0 heterocycles. The Morgan fingerprint density at radius 1 is 1.09 bits per heavy atom. The van der Waals surface area contributed by atoms with Gasteiger partial charge >= 0.3 is 5.97 Å². The standard InChI is InChI=1S/C17H14F2O3/c1-11(20)14-8-7-13(9-15(14)16(18)19)17(21)22-10-12-5-3-2-4-6-12/h2-9,16H,10H2,1H3. The summed E-state index contributed by atoms with van der Waals surface area (Å²) in [4.78, 5) is 23.2. The van der Waals surface area contributed by atoms with E-state index < -0.39 is 23.7 Å². The van der Waals surface area contributed by atoms with Gasteiger partial charge in [-0.3, -0.25) is 4.79 Å². The number of alkyl halides is 2. The quantitative estimate of drug-likeness (QED) is 0.614. The number of carbonyl (C=O) groups excluding carboxylic acids is 2. The van der Waals surface area contributed by atoms with Crippen molar-refractivity contribution in [2.75, 3.05) is 0 Å². The molecule has 0 atom stereocenters. The van der Waals surface area contributed by atoms with Gasteiger partial charge in [-0.05, 0) is 24.6 Å². The largest absolute Gasteiger partial charge is 0.457 e. The van der Waals surface area contributed by atoms with E-state index >= 15 is 0 Å². The lowest BCUT2D eigenvalue weighted by Crippen LogP contribution is -2.08. The second-order valence-electron chi connectivity index (χ2n) is 4.72. The van der Waals surface area contributed by atoms with Crippen molar-refractivity contribution in [3.05, 3.63) is 70.8 Å². The van der Waals surface area contributed by atoms with Gasteiger partial charge in [0, 0.05) is 11.1 Å². The first-order valence-corrected chi connectivity index (χ1v) is 6.63. The third kappa shape index (κ3) is 3.75. The molecule has 0 spiro atoms. The van der Waals surface area contributed by atoms with Crippen molar-refractivity contribution in [2.45, 2.75) is 20.0 Å². The third-order valence-electron chi connectivity index (χ3n) is 3.11. The predicted molar refractivity (Wildman–Crippen MR) is 77.0 cm³/mol. The zero-order valence-corrected chi connectivity index (χ0v) is 11.9. The van der Waals surface area contributed by atoms with Gasteiger partial charge in [-0.2, -0.15) is 0 Å². The summed E-state index contributed by atoms with van der Waals surface area (Å²) >= 11 is 0. The molecule has 0 aliphatic rings. The predicted octanol–water partition coefficient (Wildman–Crippen LogP) is 4.18. The molecule has 2 aromatic carbocycles. The average molecular weight is 304 g/mol. The van der Waals surface area contributed by atoms with E-state index in [1.165, 1.54) is 19.1 Å². The first-order chi connectivity index (χ1) is 10.5. The number of benzene rings is 2. The fourth-order valence-corrected chi connectivity index (χ4v) is 2.00. The van der Waals surface area contributed by atoms with E-state index in [0.717, 1.165) is 11.6 Å². The lowest BCUT2D eigenvalue weighted by molar-refractivity contribution is 0.0472. The molecule has 22 heavy (non-hydrogen) atoms. The van der Waals surface area contributed by atoms with Crippen LogP contribution in [0.15, 0.2) is 48.5 Å². The first kappa shape index (κ1) is 15.8. The van der Waals surface area contributed by atoms with Gasteiger partial charge in [0.05, 0.1) is 5.56 Å². The molecule has 5 heteroatoms. The van der Waals surface area contributed by atoms with E-state index in [4.69, 9.17) is 4.74 Å². The number of halogens is 2. The summed E-state index contributed by atoms with van der Waals surface area (Å²) < 4.78 is 31.0. The summed E-state index contributed by atoms with van der Waals surface area (Å²) in [6, 6.07) is 12.6. The normalized spacial score (nSPS) is 10.5. The van der Waals surface area contributed by atoms with Gasteiger partial charge in [0.15, 0.2) is 5.78 Å². The monoisotopic (exact) mass is 304 g/mol. The Morgan fingerprint density at radius 3 is 2.36 bits per heavy atom. The molecule has 0 saturated heterocycles. The molecule has 3 nitrogen and oxygen atoms in total. The SMILES string of the molecule is CC(=O)c1ccc(C(=O)OCc2ccccc2)cc1C(F)F. The number of rotatable bonds is 5. The van der Waals surface area contributed by atoms with Crippen molar-refractivity contribution in [1.29, 1.82) is 0 Å². The van der Waals surface area contributed by atoms with E-state index in [9.17, 15) is 18.4 Å². The van der Waals surface area contributed by atoms with E-state index in [1.807, 2.05) is 6.07 Å². The molecule has 0 bridgehead atoms. The van der Waals surface area contributed by atoms with Crippen LogP contribution in [0, 0.1) is 0 Å². The van der Waals surface area contributed by atoms with Gasteiger partial charge in [0.1, 0.15) is 6.61 Å². The van der Waals surface area contributed by atoms with Crippen LogP contribution < -0.4 is 0 Å². The molecule has 0 saturated carbocycles. The van der Waals surface area contributed by atoms with Crippen LogP contribution in [0.5, 0.6) is 0 Å². The van der Waals surface area contributed by atoms with Crippen molar-refractivity contribution >= 4 is 11.8 Å². The van der Waals surface area contributed by atoms with Crippen LogP contribution in [0.25, 0.3) is 0 Å². The van der Waals surface area contributed by atoms with E-state index in [1.54, 1.807) is 24.3 Å². The number of carbonyl (C=O) groups is 2. The average Bonchev–Trinajstić information content (AvgIpc) is 2.52. The van der Waals surface area contributed by atoms with Crippen LogP contribution in [-0.2, 0) is 11.3 Å². The van der Waals surface area contributed by atoms with Crippen molar-refractivity contribution in [3.8, 4) is 0 Å². The number of hydrogen-bond donors (Lipinski definition) is 0. The van der Waals surface area contributed by atoms with Crippen LogP contribution in [0.3, 0.4) is 0 Å². The minimum absolute atomic E-state index is 0.00349. The summed E-state index contributed by atoms with van der Waals surface area (Å²) in [6.45, 7) is 1.26. The van der Waals surface area contributed by atoms with Gasteiger partial charge < -0.3 is 4.74 Å². The Morgan fingerprint density at radius 2 is 1.77 bits per heavy atom. The number of ketones is 1. The molecule has 114 valence electrons. The second kappa shape index (κ2) is 6.93. The molecule has 0 N–H and O–H groups in total. The summed E-state index contributed by atoms with van der Waals surface area (Å²) in [6.07, 6.45) is -2.83. The molecule has 0 fully saturated rings. The molecule has 2 aromatic rings. The maximum atomic E-state index is 13.0. The smallest absolute Gasteiger partial charge is 0.338 e. The lowest BCUT2D eigenvalue weighted by Gasteiger charge is -2.09. The maximum Gasteiger partial charge on any atom is 0.338 e. The number of ether oxygens (including phenoxy) is 1. The lowest BCUT2D eigenvalue weighted by atomic mass is 10.0. The highest BCUT2D eigenvalue weighted by atomic mass is 19.3. The number of Topliss-reactive ketones (excluding diaryl/α,β-unsaturated/α-hetero) is 1. The summed E-state index contributed by atoms with van der Waals surface area (Å²) in [5, 5.41) is 0. The van der Waals surface area contributed by atoms with Gasteiger partial charge in [-0.1, -0.05) is 36.4 Å². The Balaban J connectivity index is 2.16. The number of hydrogen-bond acceptors (Lipinski definition) is 3. The van der Waals surface area contributed by atoms with Crippen LogP contribution in [0.4, 0.5) is 8.78 Å². The van der Waals surface area contributed by atoms with Crippen LogP contribution >= 0.6 is 0 Å². The Bertz CT molecular complexity index is 682. The summed E-state index contributed by atoms with van der Waals surface area (Å²) in [5.41, 5.74) is 0.248. The first-order valence-electron chi connectivity index (χ1n) is 6.63. The van der Waals surface area contributed by atoms with Crippen molar-refractivity contribution in [1.82, 2.24) is 0 Å². The summed E-state index contributed by atoms with van der Waals surface area (Å²) in [5.74, 6) is -1.18. The van der Waals surface area contributed by atoms with Crippen molar-refractivity contribution in [3.63, 3.8) is 0 Å². The van der Waals surface area contributed by atoms with E-state index in [-0.39, 0.29) is 17.7 Å². The van der Waals surface area contributed by atoms with Crippen molar-refractivity contribution in [2.24, 2.45) is 0 Å². The van der Waals surface area contributed by atoms with Gasteiger partial charge in [-0.25, -0.2) is 13.6 Å². The Labute approximate surface area is 126 Å². The van der Waals surface area contributed by atoms with Crippen LogP contribution in [0.2, 0.25) is 0 Å². The van der Waals surface area contributed by atoms with E-state index in [2.05, 4.69) is 0 Å². The molecule has 0 aliphatic carbocycles. The third-order valence-corrected chi connectivity index (χ3v) is 3.11. The molecule has 0 amide bonds. The maximum absolute atomic E-state index is 13.0.